The standard InChI is InChI=1S/C30H25BCl2F3N3O4/c1-28(2)22-8-6-17(11-23(22)31(41)42-28)16-38(3)27(40)26-9-7-21(25-5-4-10-39(25)26)24-15-29(43-37-24,30(34,35)36)18-12-19(32)14-20(33)13-18/h4-14,41H,15-16H2,1-3H3. The van der Waals surface area contributed by atoms with Crippen LogP contribution in [0.3, 0.4) is 0 Å². The molecule has 2 aromatic heterocycles. The fourth-order valence-corrected chi connectivity index (χ4v) is 6.33. The molecule has 1 N–H and O–H groups in total. The molecule has 6 rings (SSSR count). The summed E-state index contributed by atoms with van der Waals surface area (Å²) in [5.74, 6) is -0.312. The van der Waals surface area contributed by atoms with Crippen LogP contribution in [-0.4, -0.2) is 46.3 Å². The fraction of sp³-hybridized carbons (Fsp3) is 0.267. The third kappa shape index (κ3) is 4.98. The van der Waals surface area contributed by atoms with Gasteiger partial charge in [-0.15, -0.1) is 0 Å². The van der Waals surface area contributed by atoms with Gasteiger partial charge in [0.2, 0.25) is 0 Å². The summed E-state index contributed by atoms with van der Waals surface area (Å²) in [5.41, 5.74) is -0.0636. The van der Waals surface area contributed by atoms with Gasteiger partial charge < -0.3 is 23.8 Å². The van der Waals surface area contributed by atoms with Crippen LogP contribution in [0.15, 0.2) is 72.0 Å². The Hall–Kier alpha value is -3.51. The van der Waals surface area contributed by atoms with Gasteiger partial charge in [-0.1, -0.05) is 46.6 Å². The molecule has 0 spiro atoms. The van der Waals surface area contributed by atoms with Gasteiger partial charge in [-0.05, 0) is 72.9 Å². The van der Waals surface area contributed by atoms with E-state index in [-0.39, 0.29) is 33.8 Å². The average Bonchev–Trinajstić information content (AvgIpc) is 3.64. The number of benzene rings is 2. The summed E-state index contributed by atoms with van der Waals surface area (Å²) >= 11 is 12.0. The number of nitrogens with zero attached hydrogens (tertiary/aromatic N) is 3. The third-order valence-electron chi connectivity index (χ3n) is 7.94. The molecule has 0 bridgehead atoms. The molecule has 13 heteroatoms. The highest BCUT2D eigenvalue weighted by molar-refractivity contribution is 6.62. The van der Waals surface area contributed by atoms with Gasteiger partial charge in [0.25, 0.3) is 11.5 Å². The SMILES string of the molecule is CN(Cc1ccc2c(c1)B(O)OC2(C)C)C(=O)c1ccc(C2=NOC(c3cc(Cl)cc(Cl)c3)(C(F)(F)F)C2)c2cccn12. The maximum atomic E-state index is 14.5. The predicted molar refractivity (Wildman–Crippen MR) is 158 cm³/mol. The van der Waals surface area contributed by atoms with Crippen LogP contribution in [0, 0.1) is 0 Å². The number of carbonyl (C=O) groups excluding carboxylic acids is 1. The summed E-state index contributed by atoms with van der Waals surface area (Å²) in [4.78, 5) is 20.3. The highest BCUT2D eigenvalue weighted by atomic mass is 35.5. The van der Waals surface area contributed by atoms with Gasteiger partial charge in [-0.3, -0.25) is 4.79 Å². The summed E-state index contributed by atoms with van der Waals surface area (Å²) in [6.45, 7) is 4.01. The lowest BCUT2D eigenvalue weighted by molar-refractivity contribution is -0.275. The molecule has 4 aromatic rings. The van der Waals surface area contributed by atoms with E-state index in [4.69, 9.17) is 32.7 Å². The first-order valence-electron chi connectivity index (χ1n) is 13.3. The van der Waals surface area contributed by atoms with E-state index < -0.39 is 30.9 Å². The molecule has 0 radical (unpaired) electrons. The van der Waals surface area contributed by atoms with Crippen molar-refractivity contribution in [1.82, 2.24) is 9.30 Å². The number of carbonyl (C=O) groups is 1. The first-order chi connectivity index (χ1) is 20.2. The largest absolute Gasteiger partial charge is 0.492 e. The zero-order valence-electron chi connectivity index (χ0n) is 23.2. The summed E-state index contributed by atoms with van der Waals surface area (Å²) in [7, 11) is 0.602. The van der Waals surface area contributed by atoms with Crippen molar-refractivity contribution in [2.24, 2.45) is 5.16 Å². The minimum atomic E-state index is -4.83. The van der Waals surface area contributed by atoms with Crippen molar-refractivity contribution in [2.45, 2.75) is 44.2 Å². The summed E-state index contributed by atoms with van der Waals surface area (Å²) in [5, 5.41) is 14.3. The number of rotatable bonds is 5. The fourth-order valence-electron chi connectivity index (χ4n) is 5.80. The lowest BCUT2D eigenvalue weighted by Crippen LogP contribution is -2.42. The van der Waals surface area contributed by atoms with Gasteiger partial charge in [0, 0.05) is 41.0 Å². The minimum absolute atomic E-state index is 0.0392. The number of alkyl halides is 3. The Morgan fingerprint density at radius 1 is 1.12 bits per heavy atom. The van der Waals surface area contributed by atoms with Crippen LogP contribution >= 0.6 is 23.2 Å². The quantitative estimate of drug-likeness (QED) is 0.273. The molecule has 1 atom stereocenters. The number of pyridine rings is 1. The Balaban J connectivity index is 1.28. The molecule has 1 amide bonds. The molecule has 43 heavy (non-hydrogen) atoms. The van der Waals surface area contributed by atoms with Gasteiger partial charge in [0.05, 0.1) is 23.3 Å². The second-order valence-corrected chi connectivity index (χ2v) is 12.1. The van der Waals surface area contributed by atoms with E-state index in [2.05, 4.69) is 5.16 Å². The number of aromatic nitrogens is 1. The lowest BCUT2D eigenvalue weighted by Gasteiger charge is -2.29. The van der Waals surface area contributed by atoms with Crippen LogP contribution in [-0.2, 0) is 27.2 Å². The van der Waals surface area contributed by atoms with Gasteiger partial charge in [-0.2, -0.15) is 13.2 Å². The molecular weight excluding hydrogens is 605 g/mol. The number of hydrogen-bond acceptors (Lipinski definition) is 5. The second kappa shape index (κ2) is 10.3. The monoisotopic (exact) mass is 629 g/mol. The summed E-state index contributed by atoms with van der Waals surface area (Å²) in [6, 6.07) is 15.8. The van der Waals surface area contributed by atoms with Crippen molar-refractivity contribution in [3.05, 3.63) is 105 Å². The maximum Gasteiger partial charge on any atom is 0.492 e. The van der Waals surface area contributed by atoms with Gasteiger partial charge in [0.1, 0.15) is 5.69 Å². The Labute approximate surface area is 255 Å². The first-order valence-corrected chi connectivity index (χ1v) is 14.1. The zero-order chi connectivity index (χ0) is 30.9. The zero-order valence-corrected chi connectivity index (χ0v) is 24.8. The van der Waals surface area contributed by atoms with Crippen molar-refractivity contribution < 1.29 is 32.5 Å². The minimum Gasteiger partial charge on any atom is -0.423 e. The Bertz CT molecular complexity index is 1790. The van der Waals surface area contributed by atoms with E-state index in [1.54, 1.807) is 41.9 Å². The smallest absolute Gasteiger partial charge is 0.423 e. The molecular formula is C30H25BCl2F3N3O4. The Kier molecular flexibility index (Phi) is 7.08. The number of halogens is 5. The number of hydrogen-bond donors (Lipinski definition) is 1. The van der Waals surface area contributed by atoms with Crippen LogP contribution in [0.1, 0.15) is 53.0 Å². The topological polar surface area (TPSA) is 75.8 Å². The average molecular weight is 630 g/mol. The summed E-state index contributed by atoms with van der Waals surface area (Å²) < 4.78 is 50.8. The molecule has 2 aliphatic rings. The highest BCUT2D eigenvalue weighted by Crippen LogP contribution is 2.50. The molecule has 0 saturated heterocycles. The maximum absolute atomic E-state index is 14.5. The summed E-state index contributed by atoms with van der Waals surface area (Å²) in [6.07, 6.45) is -3.79. The highest BCUT2D eigenvalue weighted by Gasteiger charge is 2.62. The molecule has 0 saturated carbocycles. The van der Waals surface area contributed by atoms with Crippen LogP contribution in [0.2, 0.25) is 10.0 Å². The Morgan fingerprint density at radius 3 is 2.53 bits per heavy atom. The van der Waals surface area contributed by atoms with Crippen LogP contribution in [0.25, 0.3) is 5.52 Å². The van der Waals surface area contributed by atoms with E-state index in [0.29, 0.717) is 22.2 Å². The molecule has 222 valence electrons. The van der Waals surface area contributed by atoms with Crippen molar-refractivity contribution in [3.8, 4) is 0 Å². The molecule has 4 heterocycles. The van der Waals surface area contributed by atoms with Gasteiger partial charge in [0.15, 0.2) is 0 Å². The molecule has 0 aliphatic carbocycles. The number of amides is 1. The molecule has 0 fully saturated rings. The van der Waals surface area contributed by atoms with E-state index in [0.717, 1.165) is 11.1 Å². The van der Waals surface area contributed by atoms with E-state index in [1.807, 2.05) is 32.0 Å². The van der Waals surface area contributed by atoms with E-state index >= 15 is 0 Å². The van der Waals surface area contributed by atoms with Crippen LogP contribution in [0.4, 0.5) is 13.2 Å². The predicted octanol–water partition coefficient (Wildman–Crippen LogP) is 6.05. The van der Waals surface area contributed by atoms with E-state index in [1.165, 1.54) is 23.1 Å². The van der Waals surface area contributed by atoms with Crippen molar-refractivity contribution in [3.63, 3.8) is 0 Å². The normalized spacial score (nSPS) is 19.4. The molecule has 2 aliphatic heterocycles. The van der Waals surface area contributed by atoms with E-state index in [9.17, 15) is 23.0 Å². The first kappa shape index (κ1) is 29.6. The van der Waals surface area contributed by atoms with Gasteiger partial charge >= 0.3 is 13.3 Å². The third-order valence-corrected chi connectivity index (χ3v) is 8.38. The Morgan fingerprint density at radius 2 is 1.84 bits per heavy atom. The van der Waals surface area contributed by atoms with Crippen molar-refractivity contribution in [1.29, 1.82) is 0 Å². The van der Waals surface area contributed by atoms with Crippen molar-refractivity contribution in [2.75, 3.05) is 7.05 Å². The van der Waals surface area contributed by atoms with Gasteiger partial charge in [-0.25, -0.2) is 0 Å². The van der Waals surface area contributed by atoms with Crippen LogP contribution in [0.5, 0.6) is 0 Å². The van der Waals surface area contributed by atoms with Crippen LogP contribution < -0.4 is 5.46 Å². The number of fused-ring (bicyclic) bond motifs is 2. The molecule has 7 nitrogen and oxygen atoms in total. The second-order valence-electron chi connectivity index (χ2n) is 11.2. The van der Waals surface area contributed by atoms with Crippen molar-refractivity contribution >= 4 is 52.9 Å². The molecule has 1 unspecified atom stereocenters. The lowest BCUT2D eigenvalue weighted by atomic mass is 9.77. The molecule has 2 aromatic carbocycles. The number of oxime groups is 1.